The third-order valence-electron chi connectivity index (χ3n) is 3.05. The van der Waals surface area contributed by atoms with Gasteiger partial charge in [0.15, 0.2) is 0 Å². The van der Waals surface area contributed by atoms with Crippen molar-refractivity contribution in [1.82, 2.24) is 14.9 Å². The lowest BCUT2D eigenvalue weighted by Crippen LogP contribution is -2.37. The largest absolute Gasteiger partial charge is 0.379 e. The summed E-state index contributed by atoms with van der Waals surface area (Å²) in [5.74, 6) is 0.934. The van der Waals surface area contributed by atoms with Crippen LogP contribution in [0.4, 0.5) is 0 Å². The van der Waals surface area contributed by atoms with E-state index in [1.807, 2.05) is 6.20 Å². The van der Waals surface area contributed by atoms with Gasteiger partial charge < -0.3 is 4.74 Å². The van der Waals surface area contributed by atoms with Crippen LogP contribution in [0.25, 0.3) is 10.2 Å². The minimum atomic E-state index is 0.845. The number of hydrogen-bond acceptors (Lipinski definition) is 5. The average Bonchev–Trinajstić information content (AvgIpc) is 2.77. The molecule has 2 aromatic heterocycles. The van der Waals surface area contributed by atoms with E-state index in [1.54, 1.807) is 11.3 Å². The fraction of sp³-hybridized carbons (Fsp3) is 0.500. The summed E-state index contributed by atoms with van der Waals surface area (Å²) >= 11 is 5.14. The Kier molecular flexibility index (Phi) is 3.88. The minimum Gasteiger partial charge on any atom is -0.379 e. The number of thiophene rings is 1. The maximum Gasteiger partial charge on any atom is 0.131 e. The number of nitrogens with zero attached hydrogens (tertiary/aromatic N) is 3. The number of ether oxygens (including phenoxy) is 1. The molecular weight excluding hydrogens is 314 g/mol. The highest BCUT2D eigenvalue weighted by molar-refractivity contribution is 9.11. The molecule has 0 aromatic carbocycles. The molecule has 0 spiro atoms. The molecule has 0 N–H and O–H groups in total. The van der Waals surface area contributed by atoms with Crippen molar-refractivity contribution in [3.8, 4) is 0 Å². The van der Waals surface area contributed by atoms with Crippen LogP contribution in [-0.2, 0) is 11.2 Å². The highest BCUT2D eigenvalue weighted by Gasteiger charge is 2.11. The van der Waals surface area contributed by atoms with Gasteiger partial charge >= 0.3 is 0 Å². The summed E-state index contributed by atoms with van der Waals surface area (Å²) in [6.07, 6.45) is 2.82. The second-order valence-electron chi connectivity index (χ2n) is 4.30. The zero-order valence-corrected chi connectivity index (χ0v) is 12.3. The van der Waals surface area contributed by atoms with Crippen LogP contribution in [0.1, 0.15) is 5.82 Å². The molecule has 3 rings (SSSR count). The van der Waals surface area contributed by atoms with E-state index in [-0.39, 0.29) is 0 Å². The highest BCUT2D eigenvalue weighted by atomic mass is 79.9. The van der Waals surface area contributed by atoms with Gasteiger partial charge in [0.2, 0.25) is 0 Å². The molecule has 0 aliphatic carbocycles. The van der Waals surface area contributed by atoms with Crippen LogP contribution in [0.5, 0.6) is 0 Å². The van der Waals surface area contributed by atoms with E-state index in [0.717, 1.165) is 59.1 Å². The number of hydrogen-bond donors (Lipinski definition) is 0. The zero-order chi connectivity index (χ0) is 12.4. The van der Waals surface area contributed by atoms with E-state index < -0.39 is 0 Å². The fourth-order valence-corrected chi connectivity index (χ4v) is 3.50. The first-order valence-corrected chi connectivity index (χ1v) is 7.63. The van der Waals surface area contributed by atoms with E-state index in [9.17, 15) is 0 Å². The number of fused-ring (bicyclic) bond motifs is 1. The molecule has 3 heterocycles. The molecule has 1 fully saturated rings. The lowest BCUT2D eigenvalue weighted by molar-refractivity contribution is 0.0382. The van der Waals surface area contributed by atoms with E-state index in [1.165, 1.54) is 0 Å². The highest BCUT2D eigenvalue weighted by Crippen LogP contribution is 2.27. The number of rotatable bonds is 3. The van der Waals surface area contributed by atoms with Gasteiger partial charge in [0.05, 0.1) is 17.0 Å². The van der Waals surface area contributed by atoms with Gasteiger partial charge in [-0.3, -0.25) is 4.90 Å². The van der Waals surface area contributed by atoms with Crippen LogP contribution >= 0.6 is 27.3 Å². The van der Waals surface area contributed by atoms with E-state index in [0.29, 0.717) is 0 Å². The van der Waals surface area contributed by atoms with Crippen LogP contribution < -0.4 is 0 Å². The van der Waals surface area contributed by atoms with Gasteiger partial charge in [-0.2, -0.15) is 0 Å². The summed E-state index contributed by atoms with van der Waals surface area (Å²) in [5.41, 5.74) is 0. The standard InChI is InChI=1S/C12H14BrN3OS/c13-10-7-9-8-14-11(15-12(9)18-10)1-2-16-3-5-17-6-4-16/h7-8H,1-6H2. The molecule has 1 saturated heterocycles. The van der Waals surface area contributed by atoms with Crippen LogP contribution in [0, 0.1) is 0 Å². The Bertz CT molecular complexity index is 539. The molecule has 4 nitrogen and oxygen atoms in total. The summed E-state index contributed by atoms with van der Waals surface area (Å²) in [6, 6.07) is 2.06. The minimum absolute atomic E-state index is 0.845. The Labute approximate surface area is 118 Å². The Balaban J connectivity index is 1.66. The van der Waals surface area contributed by atoms with Crippen molar-refractivity contribution in [2.75, 3.05) is 32.8 Å². The van der Waals surface area contributed by atoms with Crippen molar-refractivity contribution in [3.63, 3.8) is 0 Å². The Morgan fingerprint density at radius 3 is 3.06 bits per heavy atom. The van der Waals surface area contributed by atoms with Crippen LogP contribution in [0.3, 0.4) is 0 Å². The predicted octanol–water partition coefficient (Wildman–Crippen LogP) is 2.33. The second-order valence-corrected chi connectivity index (χ2v) is 6.71. The lowest BCUT2D eigenvalue weighted by atomic mass is 10.3. The molecule has 1 aliphatic rings. The quantitative estimate of drug-likeness (QED) is 0.867. The summed E-state index contributed by atoms with van der Waals surface area (Å²) in [4.78, 5) is 12.5. The summed E-state index contributed by atoms with van der Waals surface area (Å²) in [6.45, 7) is 4.75. The van der Waals surface area contributed by atoms with Gasteiger partial charge in [-0.05, 0) is 22.0 Å². The Morgan fingerprint density at radius 1 is 1.39 bits per heavy atom. The summed E-state index contributed by atoms with van der Waals surface area (Å²) in [5, 5.41) is 1.11. The lowest BCUT2D eigenvalue weighted by Gasteiger charge is -2.26. The summed E-state index contributed by atoms with van der Waals surface area (Å²) < 4.78 is 6.44. The van der Waals surface area contributed by atoms with Crippen molar-refractivity contribution in [3.05, 3.63) is 21.9 Å². The van der Waals surface area contributed by atoms with Crippen molar-refractivity contribution in [2.45, 2.75) is 6.42 Å². The third-order valence-corrected chi connectivity index (χ3v) is 4.60. The second kappa shape index (κ2) is 5.61. The molecule has 0 saturated carbocycles. The Hall–Kier alpha value is -0.560. The third kappa shape index (κ3) is 2.88. The van der Waals surface area contributed by atoms with Gasteiger partial charge in [-0.25, -0.2) is 9.97 Å². The predicted molar refractivity (Wildman–Crippen MR) is 76.1 cm³/mol. The maximum absolute atomic E-state index is 5.34. The van der Waals surface area contributed by atoms with Crippen molar-refractivity contribution in [2.24, 2.45) is 0 Å². The fourth-order valence-electron chi connectivity index (χ4n) is 2.04. The van der Waals surface area contributed by atoms with Gasteiger partial charge in [-0.1, -0.05) is 0 Å². The molecule has 0 amide bonds. The molecule has 0 radical (unpaired) electrons. The molecule has 0 unspecified atom stereocenters. The normalized spacial score (nSPS) is 17.4. The molecule has 96 valence electrons. The first-order valence-electron chi connectivity index (χ1n) is 6.02. The monoisotopic (exact) mass is 327 g/mol. The molecule has 1 aliphatic heterocycles. The maximum atomic E-state index is 5.34. The topological polar surface area (TPSA) is 38.2 Å². The molecule has 6 heteroatoms. The molecule has 0 atom stereocenters. The van der Waals surface area contributed by atoms with Crippen molar-refractivity contribution >= 4 is 37.5 Å². The van der Waals surface area contributed by atoms with E-state index in [2.05, 4.69) is 36.9 Å². The molecular formula is C12H14BrN3OS. The molecule has 2 aromatic rings. The summed E-state index contributed by atoms with van der Waals surface area (Å²) in [7, 11) is 0. The van der Waals surface area contributed by atoms with Crippen LogP contribution in [0.2, 0.25) is 0 Å². The Morgan fingerprint density at radius 2 is 2.22 bits per heavy atom. The smallest absolute Gasteiger partial charge is 0.131 e. The van der Waals surface area contributed by atoms with E-state index in [4.69, 9.17) is 4.74 Å². The van der Waals surface area contributed by atoms with Gasteiger partial charge in [0, 0.05) is 37.6 Å². The zero-order valence-electron chi connectivity index (χ0n) is 9.93. The average molecular weight is 328 g/mol. The molecule has 18 heavy (non-hydrogen) atoms. The van der Waals surface area contributed by atoms with E-state index >= 15 is 0 Å². The number of aromatic nitrogens is 2. The SMILES string of the molecule is Brc1cc2cnc(CCN3CCOCC3)nc2s1. The number of halogens is 1. The van der Waals surface area contributed by atoms with Gasteiger partial charge in [0.25, 0.3) is 0 Å². The first kappa shape index (κ1) is 12.5. The number of morpholine rings is 1. The molecule has 0 bridgehead atoms. The van der Waals surface area contributed by atoms with Gasteiger partial charge in [-0.15, -0.1) is 11.3 Å². The van der Waals surface area contributed by atoms with Crippen molar-refractivity contribution in [1.29, 1.82) is 0 Å². The first-order chi connectivity index (χ1) is 8.81. The van der Waals surface area contributed by atoms with Crippen LogP contribution in [-0.4, -0.2) is 47.7 Å². The van der Waals surface area contributed by atoms with Crippen LogP contribution in [0.15, 0.2) is 16.0 Å². The van der Waals surface area contributed by atoms with Gasteiger partial charge in [0.1, 0.15) is 10.7 Å². The van der Waals surface area contributed by atoms with Crippen molar-refractivity contribution < 1.29 is 4.74 Å².